The van der Waals surface area contributed by atoms with Gasteiger partial charge in [-0.05, 0) is 32.8 Å². The number of nitrogens with zero attached hydrogens (tertiary/aromatic N) is 1. The van der Waals surface area contributed by atoms with E-state index in [0.717, 1.165) is 40.8 Å². The summed E-state index contributed by atoms with van der Waals surface area (Å²) in [5.74, 6) is 6.55. The number of rotatable bonds is 3. The highest BCUT2D eigenvalue weighted by molar-refractivity contribution is 7.11. The van der Waals surface area contributed by atoms with Crippen LogP contribution in [0.15, 0.2) is 11.8 Å². The molecule has 0 fully saturated rings. The summed E-state index contributed by atoms with van der Waals surface area (Å²) >= 11 is 1.67. The summed E-state index contributed by atoms with van der Waals surface area (Å²) in [7, 11) is 0. The molecule has 1 atom stereocenters. The number of thiazole rings is 1. The standard InChI is InChI=1S/C11H17N3OS/c1-7-11(16-8(2)13-7)10(14-12)9-5-3-4-6-15-9/h5,10,14H,3-4,6,12H2,1-2H3. The molecule has 88 valence electrons. The molecule has 0 saturated heterocycles. The summed E-state index contributed by atoms with van der Waals surface area (Å²) in [5, 5.41) is 1.06. The Morgan fingerprint density at radius 1 is 1.56 bits per heavy atom. The molecule has 4 nitrogen and oxygen atoms in total. The van der Waals surface area contributed by atoms with Crippen molar-refractivity contribution in [2.45, 2.75) is 32.7 Å². The van der Waals surface area contributed by atoms with Gasteiger partial charge in [0.1, 0.15) is 11.8 Å². The number of nitrogens with one attached hydrogen (secondary N) is 1. The van der Waals surface area contributed by atoms with Crippen molar-refractivity contribution < 1.29 is 4.74 Å². The summed E-state index contributed by atoms with van der Waals surface area (Å²) in [6.07, 6.45) is 4.26. The first-order valence-electron chi connectivity index (χ1n) is 5.45. The number of hydrazine groups is 1. The van der Waals surface area contributed by atoms with Crippen LogP contribution in [0.1, 0.15) is 34.5 Å². The van der Waals surface area contributed by atoms with Crippen molar-refractivity contribution in [1.29, 1.82) is 0 Å². The number of aryl methyl sites for hydroxylation is 2. The molecule has 0 spiro atoms. The Labute approximate surface area is 99.5 Å². The fraction of sp³-hybridized carbons (Fsp3) is 0.545. The monoisotopic (exact) mass is 239 g/mol. The summed E-state index contributed by atoms with van der Waals surface area (Å²) in [6.45, 7) is 4.79. The zero-order chi connectivity index (χ0) is 11.5. The third-order valence-electron chi connectivity index (χ3n) is 2.62. The van der Waals surface area contributed by atoms with Gasteiger partial charge in [-0.1, -0.05) is 0 Å². The average Bonchev–Trinajstić information content (AvgIpc) is 2.61. The van der Waals surface area contributed by atoms with Gasteiger partial charge in [-0.3, -0.25) is 5.84 Å². The highest BCUT2D eigenvalue weighted by atomic mass is 32.1. The maximum atomic E-state index is 5.65. The average molecular weight is 239 g/mol. The molecule has 0 aromatic carbocycles. The first kappa shape index (κ1) is 11.6. The van der Waals surface area contributed by atoms with Gasteiger partial charge in [-0.25, -0.2) is 10.4 Å². The summed E-state index contributed by atoms with van der Waals surface area (Å²) in [6, 6.07) is -0.0495. The molecule has 1 aromatic heterocycles. The van der Waals surface area contributed by atoms with Crippen molar-refractivity contribution in [3.63, 3.8) is 0 Å². The lowest BCUT2D eigenvalue weighted by atomic mass is 10.1. The first-order chi connectivity index (χ1) is 7.72. The lowest BCUT2D eigenvalue weighted by Gasteiger charge is -2.22. The Morgan fingerprint density at radius 3 is 2.88 bits per heavy atom. The van der Waals surface area contributed by atoms with E-state index >= 15 is 0 Å². The second-order valence-electron chi connectivity index (χ2n) is 3.88. The molecule has 1 aliphatic heterocycles. The lowest BCUT2D eigenvalue weighted by Crippen LogP contribution is -2.31. The maximum absolute atomic E-state index is 5.65. The van der Waals surface area contributed by atoms with E-state index in [9.17, 15) is 0 Å². The predicted octanol–water partition coefficient (Wildman–Crippen LogP) is 1.96. The minimum absolute atomic E-state index is 0.0495. The van der Waals surface area contributed by atoms with Crippen LogP contribution in [0.3, 0.4) is 0 Å². The molecule has 16 heavy (non-hydrogen) atoms. The van der Waals surface area contributed by atoms with Gasteiger partial charge < -0.3 is 4.74 Å². The van der Waals surface area contributed by atoms with Crippen LogP contribution in [-0.2, 0) is 4.74 Å². The first-order valence-corrected chi connectivity index (χ1v) is 6.27. The minimum Gasteiger partial charge on any atom is -0.496 e. The van der Waals surface area contributed by atoms with Gasteiger partial charge in [-0.2, -0.15) is 0 Å². The molecule has 2 heterocycles. The summed E-state index contributed by atoms with van der Waals surface area (Å²) < 4.78 is 5.65. The third kappa shape index (κ3) is 2.26. The van der Waals surface area contributed by atoms with Crippen molar-refractivity contribution in [1.82, 2.24) is 10.4 Å². The number of aromatic nitrogens is 1. The van der Waals surface area contributed by atoms with Crippen LogP contribution in [0, 0.1) is 13.8 Å². The molecule has 0 bridgehead atoms. The number of ether oxygens (including phenoxy) is 1. The zero-order valence-corrected chi connectivity index (χ0v) is 10.4. The molecule has 0 saturated carbocycles. The molecule has 0 amide bonds. The smallest absolute Gasteiger partial charge is 0.116 e. The molecule has 0 radical (unpaired) electrons. The molecule has 5 heteroatoms. The molecule has 1 unspecified atom stereocenters. The van der Waals surface area contributed by atoms with Crippen molar-refractivity contribution in [2.24, 2.45) is 5.84 Å². The Balaban J connectivity index is 2.28. The second kappa shape index (κ2) is 4.95. The predicted molar refractivity (Wildman–Crippen MR) is 64.9 cm³/mol. The summed E-state index contributed by atoms with van der Waals surface area (Å²) in [5.41, 5.74) is 3.85. The maximum Gasteiger partial charge on any atom is 0.116 e. The SMILES string of the molecule is Cc1nc(C)c(C(NN)C2=CCCCO2)s1. The quantitative estimate of drug-likeness (QED) is 0.625. The Bertz CT molecular complexity index is 400. The Hall–Kier alpha value is -0.910. The van der Waals surface area contributed by atoms with Crippen LogP contribution in [0.4, 0.5) is 0 Å². The topological polar surface area (TPSA) is 60.2 Å². The van der Waals surface area contributed by atoms with Crippen LogP contribution >= 0.6 is 11.3 Å². The molecule has 3 N–H and O–H groups in total. The van der Waals surface area contributed by atoms with Gasteiger partial charge in [0.15, 0.2) is 0 Å². The van der Waals surface area contributed by atoms with Crippen LogP contribution in [0.2, 0.25) is 0 Å². The van der Waals surface area contributed by atoms with Gasteiger partial charge in [0.25, 0.3) is 0 Å². The van der Waals surface area contributed by atoms with E-state index in [4.69, 9.17) is 10.6 Å². The number of allylic oxidation sites excluding steroid dienone is 1. The van der Waals surface area contributed by atoms with Crippen LogP contribution < -0.4 is 11.3 Å². The Morgan fingerprint density at radius 2 is 2.38 bits per heavy atom. The van der Waals surface area contributed by atoms with E-state index in [1.54, 1.807) is 11.3 Å². The minimum atomic E-state index is -0.0495. The molecule has 2 rings (SSSR count). The van der Waals surface area contributed by atoms with Crippen molar-refractivity contribution in [2.75, 3.05) is 6.61 Å². The van der Waals surface area contributed by atoms with E-state index in [1.165, 1.54) is 0 Å². The fourth-order valence-electron chi connectivity index (χ4n) is 1.88. The molecule has 1 aromatic rings. The second-order valence-corrected chi connectivity index (χ2v) is 5.11. The highest BCUT2D eigenvalue weighted by Gasteiger charge is 2.22. The number of hydrogen-bond donors (Lipinski definition) is 2. The lowest BCUT2D eigenvalue weighted by molar-refractivity contribution is 0.168. The normalized spacial score (nSPS) is 17.8. The molecular formula is C11H17N3OS. The molecular weight excluding hydrogens is 222 g/mol. The van der Waals surface area contributed by atoms with E-state index in [2.05, 4.69) is 16.5 Å². The summed E-state index contributed by atoms with van der Waals surface area (Å²) in [4.78, 5) is 5.56. The van der Waals surface area contributed by atoms with Crippen LogP contribution in [-0.4, -0.2) is 11.6 Å². The Kier molecular flexibility index (Phi) is 3.58. The van der Waals surface area contributed by atoms with Gasteiger partial charge in [0.2, 0.25) is 0 Å². The van der Waals surface area contributed by atoms with Gasteiger partial charge in [0.05, 0.1) is 22.2 Å². The fourth-order valence-corrected chi connectivity index (χ4v) is 2.88. The highest BCUT2D eigenvalue weighted by Crippen LogP contribution is 2.31. The largest absolute Gasteiger partial charge is 0.496 e. The van der Waals surface area contributed by atoms with Gasteiger partial charge in [-0.15, -0.1) is 11.3 Å². The van der Waals surface area contributed by atoms with E-state index in [1.807, 2.05) is 13.8 Å². The third-order valence-corrected chi connectivity index (χ3v) is 3.75. The van der Waals surface area contributed by atoms with Gasteiger partial charge >= 0.3 is 0 Å². The van der Waals surface area contributed by atoms with E-state index < -0.39 is 0 Å². The zero-order valence-electron chi connectivity index (χ0n) is 9.62. The van der Waals surface area contributed by atoms with Crippen molar-refractivity contribution in [3.8, 4) is 0 Å². The van der Waals surface area contributed by atoms with Crippen LogP contribution in [0.5, 0.6) is 0 Å². The molecule has 0 aliphatic carbocycles. The number of nitrogens with two attached hydrogens (primary N) is 1. The van der Waals surface area contributed by atoms with E-state index in [0.29, 0.717) is 0 Å². The van der Waals surface area contributed by atoms with Crippen molar-refractivity contribution >= 4 is 11.3 Å². The molecule has 1 aliphatic rings. The van der Waals surface area contributed by atoms with E-state index in [-0.39, 0.29) is 6.04 Å². The number of hydrogen-bond acceptors (Lipinski definition) is 5. The van der Waals surface area contributed by atoms with Crippen LogP contribution in [0.25, 0.3) is 0 Å². The van der Waals surface area contributed by atoms with Crippen molar-refractivity contribution in [3.05, 3.63) is 27.4 Å². The van der Waals surface area contributed by atoms with Gasteiger partial charge in [0, 0.05) is 0 Å².